The molecule has 0 saturated heterocycles. The molecule has 0 amide bonds. The summed E-state index contributed by atoms with van der Waals surface area (Å²) in [6.45, 7) is 0. The molecule has 50 valence electrons. The largest absolute Gasteiger partial charge is 0.576 e. The van der Waals surface area contributed by atoms with Crippen molar-refractivity contribution < 1.29 is 5.21 Å². The van der Waals surface area contributed by atoms with Gasteiger partial charge in [0.2, 0.25) is 0 Å². The van der Waals surface area contributed by atoms with E-state index in [0.29, 0.717) is 0 Å². The van der Waals surface area contributed by atoms with Crippen molar-refractivity contribution >= 4 is 0 Å². The van der Waals surface area contributed by atoms with E-state index in [2.05, 4.69) is 11.7 Å². The second-order valence-electron chi connectivity index (χ2n) is 0.959. The number of nitrogens with zero attached hydrogens (tertiary/aromatic N) is 3. The minimum absolute atomic E-state index is 0.0278. The average Bonchev–Trinajstić information content (AvgIpc) is 1.64. The van der Waals surface area contributed by atoms with Crippen LogP contribution in [0.4, 0.5) is 0 Å². The third kappa shape index (κ3) is 2.11. The highest BCUT2D eigenvalue weighted by Gasteiger charge is 1.90. The first-order chi connectivity index (χ1) is 3.55. The molecular formula is H7N7O-2. The molecule has 0 aliphatic rings. The molecule has 0 unspecified atom stereocenters. The molecule has 0 aromatic rings. The van der Waals surface area contributed by atoms with Crippen LogP contribution in [-0.4, -0.2) is 20.9 Å². The third-order valence-corrected chi connectivity index (χ3v) is 0.398. The predicted molar refractivity (Wildman–Crippen MR) is 24.3 cm³/mol. The molecule has 0 bridgehead atoms. The highest BCUT2D eigenvalue weighted by atomic mass is 16.6. The molecule has 0 aliphatic carbocycles. The zero-order valence-electron chi connectivity index (χ0n) is 3.94. The molecule has 0 spiro atoms. The second-order valence-corrected chi connectivity index (χ2v) is 0.959. The molecule has 0 fully saturated rings. The minimum Gasteiger partial charge on any atom is -0.576 e. The van der Waals surface area contributed by atoms with E-state index >= 15 is 0 Å². The first-order valence-corrected chi connectivity index (χ1v) is 1.56. The lowest BCUT2D eigenvalue weighted by Gasteiger charge is -2.40. The molecule has 0 aromatic carbocycles. The maximum atomic E-state index is 8.03. The van der Waals surface area contributed by atoms with E-state index in [4.69, 9.17) is 16.9 Å². The molecule has 8 heavy (non-hydrogen) atoms. The minimum atomic E-state index is -0.333. The zero-order chi connectivity index (χ0) is 6.73. The van der Waals surface area contributed by atoms with Crippen molar-refractivity contribution in [2.45, 2.75) is 0 Å². The van der Waals surface area contributed by atoms with Gasteiger partial charge >= 0.3 is 0 Å². The second kappa shape index (κ2) is 2.86. The third-order valence-electron chi connectivity index (χ3n) is 0.398. The van der Waals surface area contributed by atoms with Crippen LogP contribution >= 0.6 is 0 Å². The maximum absolute atomic E-state index is 8.03. The Labute approximate surface area is 45.6 Å². The molecule has 7 N–H and O–H groups in total. The number of hydrogen-bond donors (Lipinski definition) is 3. The Balaban J connectivity index is 3.46. The van der Waals surface area contributed by atoms with Crippen molar-refractivity contribution in [2.75, 3.05) is 0 Å². The SMILES string of the molecule is [NH-]N(O)N([NH-])N(N)N. The fourth-order valence-electron chi connectivity index (χ4n) is 0.0978. The molecule has 0 aliphatic heterocycles. The van der Waals surface area contributed by atoms with Gasteiger partial charge in [0.25, 0.3) is 0 Å². The number of rotatable bonds is 2. The molecule has 8 heteroatoms. The van der Waals surface area contributed by atoms with Gasteiger partial charge in [-0.25, -0.2) is 22.2 Å². The summed E-state index contributed by atoms with van der Waals surface area (Å²) in [6.07, 6.45) is 0. The van der Waals surface area contributed by atoms with E-state index in [1.165, 1.54) is 0 Å². The monoisotopic (exact) mass is 121 g/mol. The van der Waals surface area contributed by atoms with E-state index in [1.807, 2.05) is 0 Å². The summed E-state index contributed by atoms with van der Waals surface area (Å²) in [7, 11) is 0. The zero-order valence-corrected chi connectivity index (χ0v) is 3.94. The van der Waals surface area contributed by atoms with Crippen LogP contribution in [0.25, 0.3) is 11.7 Å². The van der Waals surface area contributed by atoms with Crippen LogP contribution in [0.1, 0.15) is 0 Å². The van der Waals surface area contributed by atoms with E-state index in [1.54, 1.807) is 0 Å². The normalized spacial score (nSPS) is 12.0. The van der Waals surface area contributed by atoms with Gasteiger partial charge in [0, 0.05) is 0 Å². The smallest absolute Gasteiger partial charge is 0.118 e. The van der Waals surface area contributed by atoms with Gasteiger partial charge in [-0.15, -0.1) is 5.23 Å². The molecule has 8 nitrogen and oxygen atoms in total. The Morgan fingerprint density at radius 3 is 1.62 bits per heavy atom. The van der Waals surface area contributed by atoms with Crippen LogP contribution in [-0.2, 0) is 0 Å². The van der Waals surface area contributed by atoms with Gasteiger partial charge in [-0.05, 0) is 0 Å². The lowest BCUT2D eigenvalue weighted by Crippen LogP contribution is -2.52. The molecule has 0 rings (SSSR count). The molecule has 0 saturated carbocycles. The number of hydrogen-bond acceptors (Lipinski definition) is 6. The molecular weight excluding hydrogens is 114 g/mol. The summed E-state index contributed by atoms with van der Waals surface area (Å²) in [5, 5.41) is 7.95. The van der Waals surface area contributed by atoms with Gasteiger partial charge in [0.1, 0.15) is 0 Å². The van der Waals surface area contributed by atoms with Gasteiger partial charge in [0.15, 0.2) is 0 Å². The summed E-state index contributed by atoms with van der Waals surface area (Å²) in [6, 6.07) is 0. The fourth-order valence-corrected chi connectivity index (χ4v) is 0.0978. The summed E-state index contributed by atoms with van der Waals surface area (Å²) < 4.78 is 0. The van der Waals surface area contributed by atoms with Crippen LogP contribution in [0.5, 0.6) is 0 Å². The summed E-state index contributed by atoms with van der Waals surface area (Å²) in [5.74, 6) is 22.0. The van der Waals surface area contributed by atoms with Crippen molar-refractivity contribution in [1.82, 2.24) is 15.7 Å². The molecule has 0 atom stereocenters. The van der Waals surface area contributed by atoms with Crippen LogP contribution in [0.3, 0.4) is 0 Å². The Hall–Kier alpha value is -0.320. The summed E-state index contributed by atoms with van der Waals surface area (Å²) in [4.78, 5) is 0. The van der Waals surface area contributed by atoms with Crippen LogP contribution < -0.4 is 11.7 Å². The van der Waals surface area contributed by atoms with Crippen LogP contribution in [0, 0.1) is 0 Å². The van der Waals surface area contributed by atoms with Crippen molar-refractivity contribution in [3.05, 3.63) is 11.7 Å². The molecule has 0 aromatic heterocycles. The number of hydrazine groups is 4. The van der Waals surface area contributed by atoms with E-state index in [0.717, 1.165) is 0 Å². The Morgan fingerprint density at radius 2 is 1.62 bits per heavy atom. The van der Waals surface area contributed by atoms with Crippen molar-refractivity contribution in [2.24, 2.45) is 11.7 Å². The summed E-state index contributed by atoms with van der Waals surface area (Å²) in [5.41, 5.74) is 0. The average molecular weight is 121 g/mol. The van der Waals surface area contributed by atoms with Crippen molar-refractivity contribution in [3.8, 4) is 0 Å². The topological polar surface area (TPSA) is 130 Å². The highest BCUT2D eigenvalue weighted by Crippen LogP contribution is 1.88. The first-order valence-electron chi connectivity index (χ1n) is 1.56. The lowest BCUT2D eigenvalue weighted by molar-refractivity contribution is -0.272. The Morgan fingerprint density at radius 1 is 1.25 bits per heavy atom. The molecule has 0 heterocycles. The highest BCUT2D eigenvalue weighted by molar-refractivity contribution is 4.34. The molecule has 0 radical (unpaired) electrons. The quantitative estimate of drug-likeness (QED) is 0.310. The van der Waals surface area contributed by atoms with Gasteiger partial charge in [-0.1, -0.05) is 0 Å². The Bertz CT molecular complexity index is 49.4. The van der Waals surface area contributed by atoms with Gasteiger partial charge in [0.05, 0.1) is 0 Å². The first kappa shape index (κ1) is 7.68. The lowest BCUT2D eigenvalue weighted by atomic mass is 11.9. The van der Waals surface area contributed by atoms with Crippen LogP contribution in [0.2, 0.25) is 0 Å². The predicted octanol–water partition coefficient (Wildman–Crippen LogP) is -1.21. The maximum Gasteiger partial charge on any atom is -0.118 e. The Kier molecular flexibility index (Phi) is 2.75. The summed E-state index contributed by atoms with van der Waals surface area (Å²) >= 11 is 0. The van der Waals surface area contributed by atoms with Gasteiger partial charge in [-0.2, -0.15) is 0 Å². The number of nitrogens with one attached hydrogen (secondary N) is 2. The van der Waals surface area contributed by atoms with Crippen LogP contribution in [0.15, 0.2) is 0 Å². The number of nitrogens with two attached hydrogens (primary N) is 2. The van der Waals surface area contributed by atoms with E-state index < -0.39 is 0 Å². The standard InChI is InChI=1S/H7N7O/c1-5(2)6(3)7(4)8/h3-4,8H,1-2H2/q-2. The van der Waals surface area contributed by atoms with E-state index in [9.17, 15) is 0 Å². The van der Waals surface area contributed by atoms with Crippen molar-refractivity contribution in [1.29, 1.82) is 0 Å². The van der Waals surface area contributed by atoms with Gasteiger partial charge in [-0.3, -0.25) is 0 Å². The van der Waals surface area contributed by atoms with E-state index in [-0.39, 0.29) is 15.7 Å². The fraction of sp³-hybridized carbons (Fsp3) is 0. The van der Waals surface area contributed by atoms with Crippen molar-refractivity contribution in [3.63, 3.8) is 0 Å². The van der Waals surface area contributed by atoms with Gasteiger partial charge < -0.3 is 16.9 Å².